The van der Waals surface area contributed by atoms with Gasteiger partial charge in [-0.05, 0) is 24.1 Å². The summed E-state index contributed by atoms with van der Waals surface area (Å²) in [4.78, 5) is 39.6. The number of benzene rings is 1. The van der Waals surface area contributed by atoms with Crippen molar-refractivity contribution in [1.29, 1.82) is 0 Å². The zero-order valence-electron chi connectivity index (χ0n) is 15.6. The van der Waals surface area contributed by atoms with E-state index in [1.165, 1.54) is 6.08 Å². The van der Waals surface area contributed by atoms with Gasteiger partial charge < -0.3 is 9.36 Å². The normalized spacial score (nSPS) is 32.4. The standard InChI is InChI=1S/C22H23NO3/c1-6-21(4)17(25)10-14-19(26)22(21,12-24)13-8-7-9-16-18(13)15(11-23(16)5)20(14,2)3/h6-9,11-12,14H,1,10H2,2-5H3/t14-,21-,22-/m1/s1. The number of nitrogens with zero attached hydrogens (tertiary/aromatic N) is 1. The predicted octanol–water partition coefficient (Wildman–Crippen LogP) is 3.26. The summed E-state index contributed by atoms with van der Waals surface area (Å²) in [6.45, 7) is 9.53. The van der Waals surface area contributed by atoms with Crippen LogP contribution < -0.4 is 0 Å². The van der Waals surface area contributed by atoms with Gasteiger partial charge in [-0.2, -0.15) is 0 Å². The van der Waals surface area contributed by atoms with Crippen LogP contribution in [0.25, 0.3) is 10.9 Å². The van der Waals surface area contributed by atoms with Crippen LogP contribution in [0.15, 0.2) is 37.1 Å². The van der Waals surface area contributed by atoms with E-state index in [4.69, 9.17) is 0 Å². The lowest BCUT2D eigenvalue weighted by Gasteiger charge is -2.48. The van der Waals surface area contributed by atoms with Crippen molar-refractivity contribution >= 4 is 28.8 Å². The first-order valence-corrected chi connectivity index (χ1v) is 8.93. The summed E-state index contributed by atoms with van der Waals surface area (Å²) in [5.74, 6) is -0.791. The molecule has 0 spiro atoms. The Morgan fingerprint density at radius 2 is 1.88 bits per heavy atom. The molecule has 0 aliphatic heterocycles. The molecule has 4 heteroatoms. The predicted molar refractivity (Wildman–Crippen MR) is 100 cm³/mol. The monoisotopic (exact) mass is 349 g/mol. The second kappa shape index (κ2) is 4.81. The maximum atomic E-state index is 13.8. The molecule has 0 unspecified atom stereocenters. The van der Waals surface area contributed by atoms with Gasteiger partial charge in [0, 0.05) is 41.9 Å². The molecule has 1 aromatic carbocycles. The molecule has 26 heavy (non-hydrogen) atoms. The molecule has 2 bridgehead atoms. The van der Waals surface area contributed by atoms with E-state index in [1.54, 1.807) is 6.92 Å². The highest BCUT2D eigenvalue weighted by Gasteiger charge is 2.66. The number of aromatic nitrogens is 1. The second-order valence-electron chi connectivity index (χ2n) is 8.45. The van der Waals surface area contributed by atoms with Gasteiger partial charge in [-0.15, -0.1) is 6.58 Å². The maximum absolute atomic E-state index is 13.8. The van der Waals surface area contributed by atoms with Crippen LogP contribution in [0.3, 0.4) is 0 Å². The third kappa shape index (κ3) is 1.55. The van der Waals surface area contributed by atoms with Crippen molar-refractivity contribution in [1.82, 2.24) is 4.57 Å². The lowest BCUT2D eigenvalue weighted by atomic mass is 9.49. The average molecular weight is 349 g/mol. The molecule has 0 N–H and O–H groups in total. The highest BCUT2D eigenvalue weighted by atomic mass is 16.2. The number of carbonyl (C=O) groups excluding carboxylic acids is 3. The molecule has 1 heterocycles. The summed E-state index contributed by atoms with van der Waals surface area (Å²) < 4.78 is 2.03. The number of rotatable bonds is 2. The van der Waals surface area contributed by atoms with Gasteiger partial charge in [-0.3, -0.25) is 9.59 Å². The third-order valence-corrected chi connectivity index (χ3v) is 7.08. The van der Waals surface area contributed by atoms with Crippen LogP contribution in [-0.4, -0.2) is 22.4 Å². The zero-order chi connectivity index (χ0) is 19.1. The van der Waals surface area contributed by atoms with Crippen LogP contribution in [0.5, 0.6) is 0 Å². The first kappa shape index (κ1) is 17.0. The van der Waals surface area contributed by atoms with E-state index in [-0.39, 0.29) is 18.0 Å². The number of allylic oxidation sites excluding steroid dienone is 1. The summed E-state index contributed by atoms with van der Waals surface area (Å²) in [7, 11) is 1.97. The number of hydrogen-bond donors (Lipinski definition) is 0. The zero-order valence-corrected chi connectivity index (χ0v) is 15.6. The number of aldehydes is 1. The molecule has 2 aromatic rings. The molecule has 0 saturated heterocycles. The molecule has 2 aliphatic carbocycles. The highest BCUT2D eigenvalue weighted by Crippen LogP contribution is 2.58. The van der Waals surface area contributed by atoms with Crippen LogP contribution in [0.2, 0.25) is 0 Å². The van der Waals surface area contributed by atoms with Gasteiger partial charge in [-0.25, -0.2) is 0 Å². The summed E-state index contributed by atoms with van der Waals surface area (Å²) >= 11 is 0. The lowest BCUT2D eigenvalue weighted by Crippen LogP contribution is -2.62. The molecule has 0 radical (unpaired) electrons. The summed E-state index contributed by atoms with van der Waals surface area (Å²) in [6.07, 6.45) is 4.37. The number of hydrogen-bond acceptors (Lipinski definition) is 3. The molecule has 1 aromatic heterocycles. The van der Waals surface area contributed by atoms with E-state index < -0.39 is 22.2 Å². The molecular weight excluding hydrogens is 326 g/mol. The van der Waals surface area contributed by atoms with Crippen LogP contribution in [-0.2, 0) is 32.3 Å². The Balaban J connectivity index is 2.29. The van der Waals surface area contributed by atoms with Crippen LogP contribution in [0.4, 0.5) is 0 Å². The number of Topliss-reactive ketones (excluding diaryl/α,β-unsaturated/α-hetero) is 2. The molecule has 0 amide bonds. The van der Waals surface area contributed by atoms with Crippen molar-refractivity contribution < 1.29 is 14.4 Å². The van der Waals surface area contributed by atoms with Crippen molar-refractivity contribution in [3.05, 3.63) is 48.2 Å². The van der Waals surface area contributed by atoms with Gasteiger partial charge in [0.15, 0.2) is 5.78 Å². The molecule has 4 rings (SSSR count). The smallest absolute Gasteiger partial charge is 0.156 e. The van der Waals surface area contributed by atoms with Crippen molar-refractivity contribution in [3.8, 4) is 0 Å². The fourth-order valence-corrected chi connectivity index (χ4v) is 5.20. The number of aryl methyl sites for hydroxylation is 1. The lowest BCUT2D eigenvalue weighted by molar-refractivity contribution is -0.152. The van der Waals surface area contributed by atoms with Crippen LogP contribution in [0.1, 0.15) is 38.3 Å². The Labute approximate surface area is 152 Å². The van der Waals surface area contributed by atoms with Crippen molar-refractivity contribution in [2.24, 2.45) is 18.4 Å². The van der Waals surface area contributed by atoms with E-state index in [9.17, 15) is 14.4 Å². The fraction of sp³-hybridized carbons (Fsp3) is 0.409. The Bertz CT molecular complexity index is 1010. The number of ketones is 2. The molecule has 1 fully saturated rings. The quantitative estimate of drug-likeness (QED) is 0.475. The first-order chi connectivity index (χ1) is 12.2. The van der Waals surface area contributed by atoms with Gasteiger partial charge in [0.05, 0.1) is 5.41 Å². The topological polar surface area (TPSA) is 56.1 Å². The largest absolute Gasteiger partial charge is 0.350 e. The minimum Gasteiger partial charge on any atom is -0.350 e. The Kier molecular flexibility index (Phi) is 3.14. The number of fused-ring (bicyclic) bond motifs is 3. The molecule has 3 atom stereocenters. The average Bonchev–Trinajstić information content (AvgIpc) is 2.95. The van der Waals surface area contributed by atoms with E-state index in [0.717, 1.165) is 16.5 Å². The molecule has 4 nitrogen and oxygen atoms in total. The molecule has 1 saturated carbocycles. The van der Waals surface area contributed by atoms with Gasteiger partial charge in [0.25, 0.3) is 0 Å². The molecular formula is C22H23NO3. The molecule has 2 aliphatic rings. The van der Waals surface area contributed by atoms with E-state index >= 15 is 0 Å². The van der Waals surface area contributed by atoms with Gasteiger partial charge >= 0.3 is 0 Å². The number of carbonyl (C=O) groups is 3. The Morgan fingerprint density at radius 3 is 2.50 bits per heavy atom. The van der Waals surface area contributed by atoms with Crippen molar-refractivity contribution in [2.45, 2.75) is 38.0 Å². The highest BCUT2D eigenvalue weighted by molar-refractivity contribution is 6.19. The maximum Gasteiger partial charge on any atom is 0.156 e. The van der Waals surface area contributed by atoms with Gasteiger partial charge in [0.1, 0.15) is 17.5 Å². The first-order valence-electron chi connectivity index (χ1n) is 8.93. The molecule has 134 valence electrons. The van der Waals surface area contributed by atoms with E-state index in [0.29, 0.717) is 11.8 Å². The fourth-order valence-electron chi connectivity index (χ4n) is 5.20. The third-order valence-electron chi connectivity index (χ3n) is 7.08. The Hall–Kier alpha value is -2.49. The van der Waals surface area contributed by atoms with Crippen LogP contribution in [0, 0.1) is 11.3 Å². The van der Waals surface area contributed by atoms with E-state index in [2.05, 4.69) is 6.58 Å². The van der Waals surface area contributed by atoms with Crippen molar-refractivity contribution in [3.63, 3.8) is 0 Å². The summed E-state index contributed by atoms with van der Waals surface area (Å²) in [5.41, 5.74) is -0.700. The minimum atomic E-state index is -1.53. The van der Waals surface area contributed by atoms with Crippen LogP contribution >= 0.6 is 0 Å². The minimum absolute atomic E-state index is 0.0937. The summed E-state index contributed by atoms with van der Waals surface area (Å²) in [5, 5.41) is 0.922. The SMILES string of the molecule is C=C[C@]1(C)C(=O)C[C@@H]2C(=O)[C@@]1(C=O)c1cccc3c1c(cn3C)C2(C)C. The Morgan fingerprint density at radius 1 is 1.19 bits per heavy atom. The van der Waals surface area contributed by atoms with Gasteiger partial charge in [0.2, 0.25) is 0 Å². The second-order valence-corrected chi connectivity index (χ2v) is 8.45. The van der Waals surface area contributed by atoms with E-state index in [1.807, 2.05) is 49.9 Å². The summed E-state index contributed by atoms with van der Waals surface area (Å²) in [6, 6.07) is 5.68. The van der Waals surface area contributed by atoms with Gasteiger partial charge in [-0.1, -0.05) is 32.1 Å². The van der Waals surface area contributed by atoms with Crippen molar-refractivity contribution in [2.75, 3.05) is 0 Å².